The number of carbonyl (C=O) groups excluding carboxylic acids is 1. The fraction of sp³-hybridized carbons (Fsp3) is 0.844. The molecule has 3 rings (SSSR count). The Bertz CT molecular complexity index is 891. The summed E-state index contributed by atoms with van der Waals surface area (Å²) in [6.07, 6.45) is 12.4. The van der Waals surface area contributed by atoms with Crippen LogP contribution in [-0.2, 0) is 18.3 Å². The summed E-state index contributed by atoms with van der Waals surface area (Å²) in [5, 5.41) is 0.294. The van der Waals surface area contributed by atoms with E-state index in [0.29, 0.717) is 11.8 Å². The first-order valence-electron chi connectivity index (χ1n) is 15.3. The van der Waals surface area contributed by atoms with Crippen molar-refractivity contribution in [3.05, 3.63) is 24.3 Å². The first kappa shape index (κ1) is 32.6. The Morgan fingerprint density at radius 2 is 1.54 bits per heavy atom. The number of hydrogen-bond donors (Lipinski definition) is 0. The molecule has 224 valence electrons. The Balaban J connectivity index is 1.94. The van der Waals surface area contributed by atoms with Gasteiger partial charge in [-0.2, -0.15) is 0 Å². The fourth-order valence-electron chi connectivity index (χ4n) is 6.30. The smallest absolute Gasteiger partial charge is 0.438 e. The molecular formula is C32H58O5Si2. The second-order valence-corrected chi connectivity index (χ2v) is 25.1. The Labute approximate surface area is 241 Å². The molecule has 3 aliphatic rings. The van der Waals surface area contributed by atoms with Crippen LogP contribution in [0.4, 0.5) is 4.79 Å². The molecular weight excluding hydrogens is 521 g/mol. The van der Waals surface area contributed by atoms with Crippen LogP contribution in [0.5, 0.6) is 0 Å². The number of carbonyl (C=O) groups is 1. The molecule has 5 nitrogen and oxygen atoms in total. The first-order chi connectivity index (χ1) is 17.9. The Morgan fingerprint density at radius 1 is 0.949 bits per heavy atom. The van der Waals surface area contributed by atoms with Gasteiger partial charge in [0, 0.05) is 11.8 Å². The molecule has 0 amide bonds. The third-order valence-corrected chi connectivity index (χ3v) is 19.8. The number of hydrogen-bond acceptors (Lipinski definition) is 5. The van der Waals surface area contributed by atoms with Gasteiger partial charge in [0.05, 0.1) is 19.3 Å². The minimum Gasteiger partial charge on any atom is -0.438 e. The second-order valence-electron chi connectivity index (χ2n) is 15.5. The highest BCUT2D eigenvalue weighted by molar-refractivity contribution is 6.74. The number of fused-ring (bicyclic) bond motifs is 1. The van der Waals surface area contributed by atoms with Crippen LogP contribution in [0, 0.1) is 23.7 Å². The van der Waals surface area contributed by atoms with E-state index in [4.69, 9.17) is 18.3 Å². The Kier molecular flexibility index (Phi) is 10.2. The zero-order valence-corrected chi connectivity index (χ0v) is 28.9. The molecule has 0 aromatic rings. The van der Waals surface area contributed by atoms with Crippen molar-refractivity contribution >= 4 is 22.8 Å². The third kappa shape index (κ3) is 7.50. The maximum atomic E-state index is 12.1. The highest BCUT2D eigenvalue weighted by atomic mass is 28.4. The van der Waals surface area contributed by atoms with Crippen molar-refractivity contribution in [1.82, 2.24) is 0 Å². The summed E-state index contributed by atoms with van der Waals surface area (Å²) in [4.78, 5) is 12.1. The quantitative estimate of drug-likeness (QED) is 0.163. The predicted molar refractivity (Wildman–Crippen MR) is 166 cm³/mol. The minimum absolute atomic E-state index is 0.105. The summed E-state index contributed by atoms with van der Waals surface area (Å²) in [6.45, 7) is 27.7. The normalized spacial score (nSPS) is 30.0. The van der Waals surface area contributed by atoms with Gasteiger partial charge in [0.15, 0.2) is 16.6 Å². The van der Waals surface area contributed by atoms with E-state index in [1.807, 2.05) is 0 Å². The van der Waals surface area contributed by atoms with Crippen molar-refractivity contribution in [3.8, 4) is 0 Å². The van der Waals surface area contributed by atoms with Crippen LogP contribution in [0.3, 0.4) is 0 Å². The standard InChI is InChI=1S/C32H58O5Si2/c1-22-20-25-24(18-19-27(23-16-14-13-15-17-23)36-38(9,10)31(2,3)4)28(37-39(11,12)32(5,6)7)21-26(25)29(22)35-30(33)34-8/h18-19,23-29H,1,13-17,20-21H2,2-12H3/b19-18+/t24-,25+,26-,27+,28+,29?/m0/s1. The van der Waals surface area contributed by atoms with Crippen LogP contribution in [-0.4, -0.2) is 48.2 Å². The second kappa shape index (κ2) is 12.1. The molecule has 0 aromatic carbocycles. The van der Waals surface area contributed by atoms with Crippen LogP contribution < -0.4 is 0 Å². The van der Waals surface area contributed by atoms with E-state index in [9.17, 15) is 4.79 Å². The third-order valence-electron chi connectivity index (χ3n) is 10.8. The number of methoxy groups -OCH3 is 1. The molecule has 0 heterocycles. The van der Waals surface area contributed by atoms with Crippen molar-refractivity contribution < 1.29 is 23.1 Å². The highest BCUT2D eigenvalue weighted by Crippen LogP contribution is 2.54. The SMILES string of the molecule is C=C1C[C@@H]2[C@H](/C=C/[C@@H](O[Si](C)(C)C(C)(C)C)C3CCCCC3)[C@H](O[Si](C)(C)C(C)(C)C)C[C@@H]2C1OC(=O)OC. The minimum atomic E-state index is -2.00. The largest absolute Gasteiger partial charge is 0.508 e. The molecule has 3 fully saturated rings. The molecule has 0 aliphatic heterocycles. The summed E-state index contributed by atoms with van der Waals surface area (Å²) in [5.41, 5.74) is 1.00. The van der Waals surface area contributed by atoms with Gasteiger partial charge >= 0.3 is 6.16 Å². The van der Waals surface area contributed by atoms with Crippen LogP contribution in [0.15, 0.2) is 24.3 Å². The maximum absolute atomic E-state index is 12.1. The van der Waals surface area contributed by atoms with Crippen LogP contribution >= 0.6 is 0 Å². The maximum Gasteiger partial charge on any atom is 0.508 e. The van der Waals surface area contributed by atoms with Gasteiger partial charge in [-0.15, -0.1) is 0 Å². The molecule has 0 bridgehead atoms. The van der Waals surface area contributed by atoms with Gasteiger partial charge in [0.25, 0.3) is 0 Å². The van der Waals surface area contributed by atoms with E-state index in [1.165, 1.54) is 39.2 Å². The van der Waals surface area contributed by atoms with Gasteiger partial charge in [0.2, 0.25) is 0 Å². The molecule has 0 spiro atoms. The molecule has 1 unspecified atom stereocenters. The predicted octanol–water partition coefficient (Wildman–Crippen LogP) is 9.27. The summed E-state index contributed by atoms with van der Waals surface area (Å²) >= 11 is 0. The van der Waals surface area contributed by atoms with E-state index >= 15 is 0 Å². The molecule has 7 heteroatoms. The summed E-state index contributed by atoms with van der Waals surface area (Å²) < 4.78 is 24.9. The highest BCUT2D eigenvalue weighted by Gasteiger charge is 2.54. The van der Waals surface area contributed by atoms with E-state index in [0.717, 1.165) is 18.4 Å². The average molecular weight is 579 g/mol. The lowest BCUT2D eigenvalue weighted by Gasteiger charge is -2.42. The monoisotopic (exact) mass is 578 g/mol. The molecule has 0 aromatic heterocycles. The zero-order valence-electron chi connectivity index (χ0n) is 26.9. The van der Waals surface area contributed by atoms with Gasteiger partial charge in [-0.25, -0.2) is 4.79 Å². The lowest BCUT2D eigenvalue weighted by atomic mass is 9.84. The van der Waals surface area contributed by atoms with Crippen molar-refractivity contribution in [3.63, 3.8) is 0 Å². The molecule has 3 aliphatic carbocycles. The molecule has 0 saturated heterocycles. The molecule has 0 N–H and O–H groups in total. The first-order valence-corrected chi connectivity index (χ1v) is 21.2. The summed E-state index contributed by atoms with van der Waals surface area (Å²) in [5.74, 6) is 1.38. The molecule has 6 atom stereocenters. The van der Waals surface area contributed by atoms with Crippen LogP contribution in [0.1, 0.15) is 86.5 Å². The topological polar surface area (TPSA) is 54.0 Å². The van der Waals surface area contributed by atoms with Crippen molar-refractivity contribution in [2.75, 3.05) is 7.11 Å². The Morgan fingerprint density at radius 3 is 2.08 bits per heavy atom. The number of ether oxygens (including phenoxy) is 2. The Hall–Kier alpha value is -0.896. The van der Waals surface area contributed by atoms with Gasteiger partial charge in [0.1, 0.15) is 6.10 Å². The van der Waals surface area contributed by atoms with E-state index in [2.05, 4.69) is 86.5 Å². The summed E-state index contributed by atoms with van der Waals surface area (Å²) in [7, 11) is -2.57. The van der Waals surface area contributed by atoms with E-state index < -0.39 is 22.8 Å². The van der Waals surface area contributed by atoms with E-state index in [-0.39, 0.29) is 40.2 Å². The lowest BCUT2D eigenvalue weighted by Crippen LogP contribution is -2.46. The van der Waals surface area contributed by atoms with Crippen molar-refractivity contribution in [2.45, 2.75) is 141 Å². The van der Waals surface area contributed by atoms with Gasteiger partial charge in [-0.3, -0.25) is 0 Å². The van der Waals surface area contributed by atoms with Gasteiger partial charge in [-0.1, -0.05) is 79.5 Å². The fourth-order valence-corrected chi connectivity index (χ4v) is 8.97. The summed E-state index contributed by atoms with van der Waals surface area (Å²) in [6, 6.07) is 0. The molecule has 3 saturated carbocycles. The molecule has 0 radical (unpaired) electrons. The van der Waals surface area contributed by atoms with Gasteiger partial charge in [-0.05, 0) is 79.4 Å². The lowest BCUT2D eigenvalue weighted by molar-refractivity contribution is 0.0306. The zero-order chi connectivity index (χ0) is 29.4. The van der Waals surface area contributed by atoms with Crippen molar-refractivity contribution in [2.24, 2.45) is 23.7 Å². The molecule has 39 heavy (non-hydrogen) atoms. The van der Waals surface area contributed by atoms with Crippen LogP contribution in [0.2, 0.25) is 36.3 Å². The van der Waals surface area contributed by atoms with Crippen molar-refractivity contribution in [1.29, 1.82) is 0 Å². The number of rotatable bonds is 8. The van der Waals surface area contributed by atoms with Crippen LogP contribution in [0.25, 0.3) is 0 Å². The van der Waals surface area contributed by atoms with E-state index in [1.54, 1.807) is 0 Å². The van der Waals surface area contributed by atoms with Gasteiger partial charge < -0.3 is 18.3 Å². The average Bonchev–Trinajstić information content (AvgIpc) is 3.29.